The van der Waals surface area contributed by atoms with Gasteiger partial charge in [-0.1, -0.05) is 0 Å². The number of methoxy groups -OCH3 is 1. The Balaban J connectivity index is 1.88. The SMILES string of the molecule is CO[C@H]1C[C@H](n2cnc3c(=O)[nH]c(N)nc32)O[C@@H]1CO[P+](=O)O. The third kappa shape index (κ3) is 3.09. The van der Waals surface area contributed by atoms with Crippen molar-refractivity contribution in [3.8, 4) is 0 Å². The first-order chi connectivity index (χ1) is 11.0. The lowest BCUT2D eigenvalue weighted by atomic mass is 10.2. The summed E-state index contributed by atoms with van der Waals surface area (Å²) < 4.78 is 28.0. The average molecular weight is 344 g/mol. The first-order valence-electron chi connectivity index (χ1n) is 6.69. The van der Waals surface area contributed by atoms with Gasteiger partial charge in [0.1, 0.15) is 18.9 Å². The van der Waals surface area contributed by atoms with Crippen molar-refractivity contribution in [3.63, 3.8) is 0 Å². The zero-order valence-corrected chi connectivity index (χ0v) is 13.0. The fraction of sp³-hybridized carbons (Fsp3) is 0.545. The average Bonchev–Trinajstić information content (AvgIpc) is 3.08. The molecule has 0 radical (unpaired) electrons. The van der Waals surface area contributed by atoms with Gasteiger partial charge in [-0.15, -0.1) is 9.42 Å². The predicted molar refractivity (Wildman–Crippen MR) is 77.7 cm³/mol. The Bertz CT molecular complexity index is 791. The Morgan fingerprint density at radius 2 is 2.43 bits per heavy atom. The fourth-order valence-electron chi connectivity index (χ4n) is 2.56. The van der Waals surface area contributed by atoms with Crippen LogP contribution in [0.2, 0.25) is 0 Å². The van der Waals surface area contributed by atoms with E-state index in [4.69, 9.17) is 24.6 Å². The van der Waals surface area contributed by atoms with E-state index in [9.17, 15) is 9.36 Å². The van der Waals surface area contributed by atoms with Gasteiger partial charge in [0.15, 0.2) is 11.2 Å². The molecule has 1 aliphatic heterocycles. The van der Waals surface area contributed by atoms with Crippen LogP contribution in [0.1, 0.15) is 12.6 Å². The van der Waals surface area contributed by atoms with Crippen molar-refractivity contribution in [1.82, 2.24) is 19.5 Å². The fourth-order valence-corrected chi connectivity index (χ4v) is 2.83. The van der Waals surface area contributed by atoms with E-state index in [1.807, 2.05) is 0 Å². The number of nitrogens with one attached hydrogen (secondary N) is 1. The number of aromatic amines is 1. The molecule has 0 spiro atoms. The minimum Gasteiger partial charge on any atom is -0.378 e. The molecular weight excluding hydrogens is 329 g/mol. The molecule has 4 N–H and O–H groups in total. The van der Waals surface area contributed by atoms with Gasteiger partial charge < -0.3 is 15.2 Å². The summed E-state index contributed by atoms with van der Waals surface area (Å²) in [4.78, 5) is 31.0. The number of hydrogen-bond acceptors (Lipinski definition) is 8. The minimum atomic E-state index is -2.72. The Labute approximate surface area is 130 Å². The molecule has 1 aliphatic rings. The van der Waals surface area contributed by atoms with Crippen LogP contribution in [0.3, 0.4) is 0 Å². The molecule has 12 heteroatoms. The summed E-state index contributed by atoms with van der Waals surface area (Å²) in [5.41, 5.74) is 5.56. The lowest BCUT2D eigenvalue weighted by Crippen LogP contribution is -2.27. The summed E-state index contributed by atoms with van der Waals surface area (Å²) in [6.45, 7) is -0.0938. The van der Waals surface area contributed by atoms with E-state index in [1.54, 1.807) is 4.57 Å². The molecule has 1 unspecified atom stereocenters. The van der Waals surface area contributed by atoms with Crippen molar-refractivity contribution >= 4 is 25.4 Å². The highest BCUT2D eigenvalue weighted by Crippen LogP contribution is 2.33. The Morgan fingerprint density at radius 3 is 3.13 bits per heavy atom. The van der Waals surface area contributed by atoms with Gasteiger partial charge in [0.25, 0.3) is 5.56 Å². The second-order valence-electron chi connectivity index (χ2n) is 4.95. The monoisotopic (exact) mass is 344 g/mol. The number of nitrogens with zero attached hydrogens (tertiary/aromatic N) is 3. The molecule has 2 aromatic heterocycles. The highest BCUT2D eigenvalue weighted by Gasteiger charge is 2.39. The number of imidazole rings is 1. The van der Waals surface area contributed by atoms with Gasteiger partial charge in [0, 0.05) is 18.1 Å². The van der Waals surface area contributed by atoms with E-state index in [0.29, 0.717) is 12.1 Å². The minimum absolute atomic E-state index is 0.0253. The van der Waals surface area contributed by atoms with Gasteiger partial charge in [0.05, 0.1) is 12.4 Å². The highest BCUT2D eigenvalue weighted by molar-refractivity contribution is 7.32. The summed E-state index contributed by atoms with van der Waals surface area (Å²) in [6, 6.07) is 0. The topological polar surface area (TPSA) is 155 Å². The van der Waals surface area contributed by atoms with E-state index in [0.717, 1.165) is 0 Å². The van der Waals surface area contributed by atoms with Gasteiger partial charge in [-0.25, -0.2) is 4.98 Å². The molecule has 0 amide bonds. The molecule has 0 bridgehead atoms. The Kier molecular flexibility index (Phi) is 4.37. The maximum atomic E-state index is 11.8. The molecule has 0 aliphatic carbocycles. The van der Waals surface area contributed by atoms with Crippen molar-refractivity contribution in [2.75, 3.05) is 19.5 Å². The second kappa shape index (κ2) is 6.30. The number of ether oxygens (including phenoxy) is 2. The third-order valence-electron chi connectivity index (χ3n) is 3.59. The predicted octanol–water partition coefficient (Wildman–Crippen LogP) is -0.329. The maximum Gasteiger partial charge on any atom is 0.694 e. The van der Waals surface area contributed by atoms with Crippen LogP contribution in [-0.4, -0.2) is 50.3 Å². The van der Waals surface area contributed by atoms with Crippen LogP contribution in [0.5, 0.6) is 0 Å². The van der Waals surface area contributed by atoms with E-state index < -0.39 is 26.1 Å². The zero-order chi connectivity index (χ0) is 16.6. The number of nitrogens with two attached hydrogens (primary N) is 1. The molecule has 124 valence electrons. The van der Waals surface area contributed by atoms with Gasteiger partial charge in [-0.05, 0) is 0 Å². The van der Waals surface area contributed by atoms with Crippen molar-refractivity contribution < 1.29 is 23.5 Å². The molecule has 11 nitrogen and oxygen atoms in total. The lowest BCUT2D eigenvalue weighted by molar-refractivity contribution is -0.0466. The summed E-state index contributed by atoms with van der Waals surface area (Å²) in [7, 11) is -1.21. The first-order valence-corrected chi connectivity index (χ1v) is 7.82. The molecule has 2 aromatic rings. The summed E-state index contributed by atoms with van der Waals surface area (Å²) in [5, 5.41) is 0. The summed E-state index contributed by atoms with van der Waals surface area (Å²) in [6.07, 6.45) is 0.481. The molecule has 3 rings (SSSR count). The molecule has 1 saturated heterocycles. The van der Waals surface area contributed by atoms with E-state index in [1.165, 1.54) is 13.4 Å². The van der Waals surface area contributed by atoms with Gasteiger partial charge >= 0.3 is 8.25 Å². The van der Waals surface area contributed by atoms with Crippen LogP contribution < -0.4 is 11.3 Å². The van der Waals surface area contributed by atoms with Crippen molar-refractivity contribution in [2.24, 2.45) is 0 Å². The molecule has 4 atom stereocenters. The van der Waals surface area contributed by atoms with Crippen LogP contribution in [0.25, 0.3) is 11.2 Å². The van der Waals surface area contributed by atoms with Crippen LogP contribution in [0, 0.1) is 0 Å². The summed E-state index contributed by atoms with van der Waals surface area (Å²) >= 11 is 0. The van der Waals surface area contributed by atoms with Crippen LogP contribution in [0.15, 0.2) is 11.1 Å². The molecule has 3 heterocycles. The Morgan fingerprint density at radius 1 is 1.65 bits per heavy atom. The number of H-pyrrole nitrogens is 1. The lowest BCUT2D eigenvalue weighted by Gasteiger charge is -2.14. The normalized spacial score (nSPS) is 25.1. The van der Waals surface area contributed by atoms with Crippen LogP contribution >= 0.6 is 8.25 Å². The van der Waals surface area contributed by atoms with Crippen molar-refractivity contribution in [1.29, 1.82) is 0 Å². The molecular formula is C11H15N5O6P+. The smallest absolute Gasteiger partial charge is 0.378 e. The van der Waals surface area contributed by atoms with Crippen molar-refractivity contribution in [3.05, 3.63) is 16.7 Å². The van der Waals surface area contributed by atoms with Gasteiger partial charge in [0.2, 0.25) is 5.95 Å². The number of rotatable bonds is 5. The number of hydrogen-bond donors (Lipinski definition) is 3. The van der Waals surface area contributed by atoms with E-state index in [-0.39, 0.29) is 24.2 Å². The number of nitrogen functional groups attached to an aromatic ring is 1. The number of fused-ring (bicyclic) bond motifs is 1. The van der Waals surface area contributed by atoms with Gasteiger partial charge in [-0.3, -0.25) is 14.3 Å². The Hall–Kier alpha value is -1.91. The summed E-state index contributed by atoms with van der Waals surface area (Å²) in [5.74, 6) is -0.0253. The third-order valence-corrected chi connectivity index (χ3v) is 3.96. The largest absolute Gasteiger partial charge is 0.694 e. The van der Waals surface area contributed by atoms with Gasteiger partial charge in [-0.2, -0.15) is 4.98 Å². The van der Waals surface area contributed by atoms with E-state index >= 15 is 0 Å². The van der Waals surface area contributed by atoms with Crippen molar-refractivity contribution in [2.45, 2.75) is 24.9 Å². The molecule has 0 saturated carbocycles. The van der Waals surface area contributed by atoms with Crippen LogP contribution in [-0.2, 0) is 18.6 Å². The number of anilines is 1. The molecule has 1 fully saturated rings. The highest BCUT2D eigenvalue weighted by atomic mass is 31.1. The molecule has 23 heavy (non-hydrogen) atoms. The quantitative estimate of drug-likeness (QED) is 0.618. The first kappa shape index (κ1) is 16.0. The molecule has 0 aromatic carbocycles. The second-order valence-corrected chi connectivity index (χ2v) is 5.68. The standard InChI is InChI=1S/C11H14N5O6P/c1-20-5-2-7(22-6(5)3-21-23(18)19)16-4-13-8-9(16)14-11(12)15-10(8)17/h4-7H,2-3H2,1H3,(H3-,12,14,15,17,18,19)/p+1/t5-,6+,7+/m0/s1. The maximum absolute atomic E-state index is 11.8. The van der Waals surface area contributed by atoms with E-state index in [2.05, 4.69) is 15.0 Å². The zero-order valence-electron chi connectivity index (χ0n) is 12.1. The van der Waals surface area contributed by atoms with Crippen LogP contribution in [0.4, 0.5) is 5.95 Å². The number of aromatic nitrogens is 4.